The van der Waals surface area contributed by atoms with Crippen LogP contribution in [0.1, 0.15) is 24.3 Å². The molecule has 1 aromatic carbocycles. The van der Waals surface area contributed by atoms with Crippen molar-refractivity contribution >= 4 is 5.97 Å². The highest BCUT2D eigenvalue weighted by atomic mass is 16.6. The normalized spacial score (nSPS) is 37.7. The number of hydrogen-bond acceptors (Lipinski definition) is 5. The molecule has 0 aliphatic carbocycles. The summed E-state index contributed by atoms with van der Waals surface area (Å²) in [6.45, 7) is -0.227. The number of hydrogen-bond donors (Lipinski definition) is 2. The molecule has 5 heteroatoms. The average molecular weight is 289 g/mol. The molecule has 3 fully saturated rings. The Bertz CT molecular complexity index is 518. The van der Waals surface area contributed by atoms with Gasteiger partial charge < -0.3 is 19.9 Å². The second-order valence-corrected chi connectivity index (χ2v) is 6.12. The average Bonchev–Trinajstić information content (AvgIpc) is 3.25. The van der Waals surface area contributed by atoms with Gasteiger partial charge in [-0.15, -0.1) is 0 Å². The number of rotatable bonds is 4. The summed E-state index contributed by atoms with van der Waals surface area (Å²) in [7, 11) is 0. The highest BCUT2D eigenvalue weighted by Crippen LogP contribution is 2.42. The van der Waals surface area contributed by atoms with E-state index in [0.29, 0.717) is 24.3 Å². The lowest BCUT2D eigenvalue weighted by Crippen LogP contribution is -2.47. The third kappa shape index (κ3) is 2.35. The zero-order valence-corrected chi connectivity index (χ0v) is 11.6. The van der Waals surface area contributed by atoms with Gasteiger partial charge in [-0.1, -0.05) is 30.3 Å². The van der Waals surface area contributed by atoms with Crippen molar-refractivity contribution in [3.05, 3.63) is 35.9 Å². The van der Waals surface area contributed by atoms with Crippen LogP contribution in [0, 0.1) is 0 Å². The minimum Gasteiger partial charge on any atom is -0.462 e. The Kier molecular flexibility index (Phi) is 3.21. The van der Waals surface area contributed by atoms with Crippen molar-refractivity contribution in [2.24, 2.45) is 0 Å². The van der Waals surface area contributed by atoms with Crippen LogP contribution < -0.4 is 5.32 Å². The molecule has 6 atom stereocenters. The fourth-order valence-electron chi connectivity index (χ4n) is 3.66. The molecule has 5 nitrogen and oxygen atoms in total. The molecule has 0 amide bonds. The zero-order chi connectivity index (χ0) is 14.4. The Labute approximate surface area is 123 Å². The Morgan fingerprint density at radius 2 is 1.95 bits per heavy atom. The molecule has 3 aliphatic rings. The van der Waals surface area contributed by atoms with Crippen molar-refractivity contribution in [3.8, 4) is 0 Å². The summed E-state index contributed by atoms with van der Waals surface area (Å²) in [6, 6.07) is 9.93. The lowest BCUT2D eigenvalue weighted by molar-refractivity contribution is -0.154. The maximum Gasteiger partial charge on any atom is 0.316 e. The quantitative estimate of drug-likeness (QED) is 0.626. The summed E-state index contributed by atoms with van der Waals surface area (Å²) >= 11 is 0. The minimum absolute atomic E-state index is 0.0667. The predicted octanol–water partition coefficient (Wildman–Crippen LogP) is 0.576. The van der Waals surface area contributed by atoms with Crippen LogP contribution in [0.3, 0.4) is 0 Å². The number of nitrogens with one attached hydrogen (secondary N) is 1. The van der Waals surface area contributed by atoms with Gasteiger partial charge in [0.05, 0.1) is 6.61 Å². The van der Waals surface area contributed by atoms with Gasteiger partial charge in [-0.05, 0) is 5.56 Å². The molecule has 1 aromatic rings. The first kappa shape index (κ1) is 13.2. The standard InChI is InChI=1S/C16H19NO4/c18-8-11(9-4-2-1-3-5-9)16(19)20-10-6-12-14-15(21-14)13(7-10)17-12/h1-5,10-15,17-18H,6-8H2/t10?,11-,12?,13?,14+,15?/m1/s1. The second kappa shape index (κ2) is 5.09. The van der Waals surface area contributed by atoms with Crippen LogP contribution in [0.15, 0.2) is 30.3 Å². The molecule has 4 rings (SSSR count). The molecule has 3 saturated heterocycles. The van der Waals surface area contributed by atoms with Crippen molar-refractivity contribution in [1.29, 1.82) is 0 Å². The smallest absolute Gasteiger partial charge is 0.316 e. The topological polar surface area (TPSA) is 71.1 Å². The first-order valence-electron chi connectivity index (χ1n) is 7.54. The third-order valence-corrected chi connectivity index (χ3v) is 4.77. The molecule has 0 saturated carbocycles. The van der Waals surface area contributed by atoms with E-state index in [-0.39, 0.29) is 18.7 Å². The van der Waals surface area contributed by atoms with Crippen molar-refractivity contribution in [3.63, 3.8) is 0 Å². The summed E-state index contributed by atoms with van der Waals surface area (Å²) in [5, 5.41) is 13.0. The molecule has 4 unspecified atom stereocenters. The van der Waals surface area contributed by atoms with Crippen LogP contribution in [-0.4, -0.2) is 48.1 Å². The highest BCUT2D eigenvalue weighted by molar-refractivity contribution is 5.78. The maximum absolute atomic E-state index is 12.3. The molecule has 2 bridgehead atoms. The number of carbonyl (C=O) groups excluding carboxylic acids is 1. The van der Waals surface area contributed by atoms with E-state index in [0.717, 1.165) is 18.4 Å². The fraction of sp³-hybridized carbons (Fsp3) is 0.562. The van der Waals surface area contributed by atoms with Crippen LogP contribution in [0.2, 0.25) is 0 Å². The van der Waals surface area contributed by atoms with E-state index in [9.17, 15) is 9.90 Å². The molecule has 0 spiro atoms. The molecule has 0 aromatic heterocycles. The number of benzene rings is 1. The molecule has 21 heavy (non-hydrogen) atoms. The van der Waals surface area contributed by atoms with Gasteiger partial charge in [-0.3, -0.25) is 4.79 Å². The number of esters is 1. The van der Waals surface area contributed by atoms with Crippen molar-refractivity contribution in [1.82, 2.24) is 5.32 Å². The monoisotopic (exact) mass is 289 g/mol. The van der Waals surface area contributed by atoms with Gasteiger partial charge in [0.2, 0.25) is 0 Å². The number of morpholine rings is 1. The Hall–Kier alpha value is -1.43. The molecule has 112 valence electrons. The number of carbonyl (C=O) groups is 1. The summed E-state index contributed by atoms with van der Waals surface area (Å²) in [5.74, 6) is -0.922. The molecule has 0 radical (unpaired) electrons. The van der Waals surface area contributed by atoms with Crippen LogP contribution >= 0.6 is 0 Å². The fourth-order valence-corrected chi connectivity index (χ4v) is 3.66. The number of piperidine rings is 1. The largest absolute Gasteiger partial charge is 0.462 e. The summed E-state index contributed by atoms with van der Waals surface area (Å²) in [6.07, 6.45) is 2.18. The second-order valence-electron chi connectivity index (χ2n) is 6.12. The Morgan fingerprint density at radius 1 is 1.29 bits per heavy atom. The molecule has 3 heterocycles. The van der Waals surface area contributed by atoms with Gasteiger partial charge in [0.25, 0.3) is 0 Å². The van der Waals surface area contributed by atoms with Gasteiger partial charge in [-0.2, -0.15) is 0 Å². The van der Waals surface area contributed by atoms with E-state index < -0.39 is 5.92 Å². The van der Waals surface area contributed by atoms with E-state index in [1.54, 1.807) is 0 Å². The van der Waals surface area contributed by atoms with E-state index in [2.05, 4.69) is 5.32 Å². The van der Waals surface area contributed by atoms with Gasteiger partial charge in [0.1, 0.15) is 24.2 Å². The molecule has 3 aliphatic heterocycles. The van der Waals surface area contributed by atoms with Crippen LogP contribution in [0.25, 0.3) is 0 Å². The molecular formula is C16H19NO4. The maximum atomic E-state index is 12.3. The van der Waals surface area contributed by atoms with E-state index in [1.807, 2.05) is 30.3 Å². The van der Waals surface area contributed by atoms with Crippen molar-refractivity contribution in [2.75, 3.05) is 6.61 Å². The number of epoxide rings is 1. The number of ether oxygens (including phenoxy) is 2. The summed E-state index contributed by atoms with van der Waals surface area (Å²) < 4.78 is 11.2. The van der Waals surface area contributed by atoms with E-state index in [1.165, 1.54) is 0 Å². The minimum atomic E-state index is -0.593. The first-order valence-corrected chi connectivity index (χ1v) is 7.54. The number of aliphatic hydroxyl groups is 1. The number of aliphatic hydroxyl groups excluding tert-OH is 1. The SMILES string of the molecule is O=C(OC1CC2NC(C1)[C@@H]1OC21)[C@H](CO)c1ccccc1. The third-order valence-electron chi connectivity index (χ3n) is 4.77. The number of fused-ring (bicyclic) bond motifs is 5. The molecule has 2 N–H and O–H groups in total. The summed E-state index contributed by atoms with van der Waals surface area (Å²) in [4.78, 5) is 12.3. The van der Waals surface area contributed by atoms with Crippen LogP contribution in [0.5, 0.6) is 0 Å². The first-order chi connectivity index (χ1) is 10.3. The Morgan fingerprint density at radius 3 is 2.57 bits per heavy atom. The van der Waals surface area contributed by atoms with Gasteiger partial charge in [0, 0.05) is 24.9 Å². The Balaban J connectivity index is 1.41. The van der Waals surface area contributed by atoms with Crippen LogP contribution in [0.4, 0.5) is 0 Å². The lowest BCUT2D eigenvalue weighted by atomic mass is 9.98. The lowest BCUT2D eigenvalue weighted by Gasteiger charge is -2.31. The molecular weight excluding hydrogens is 270 g/mol. The van der Waals surface area contributed by atoms with Crippen molar-refractivity contribution < 1.29 is 19.4 Å². The predicted molar refractivity (Wildman–Crippen MR) is 74.8 cm³/mol. The van der Waals surface area contributed by atoms with E-state index >= 15 is 0 Å². The van der Waals surface area contributed by atoms with Crippen molar-refractivity contribution in [2.45, 2.75) is 49.2 Å². The van der Waals surface area contributed by atoms with Gasteiger partial charge in [-0.25, -0.2) is 0 Å². The van der Waals surface area contributed by atoms with E-state index in [4.69, 9.17) is 9.47 Å². The summed E-state index contributed by atoms with van der Waals surface area (Å²) in [5.41, 5.74) is 0.799. The zero-order valence-electron chi connectivity index (χ0n) is 11.6. The van der Waals surface area contributed by atoms with Crippen LogP contribution in [-0.2, 0) is 14.3 Å². The van der Waals surface area contributed by atoms with Gasteiger partial charge >= 0.3 is 5.97 Å². The highest BCUT2D eigenvalue weighted by Gasteiger charge is 2.59. The van der Waals surface area contributed by atoms with Gasteiger partial charge in [0.15, 0.2) is 0 Å².